The normalized spacial score (nSPS) is 24.7. The minimum Gasteiger partial charge on any atom is -0.481 e. The molecule has 32 heavy (non-hydrogen) atoms. The van der Waals surface area contributed by atoms with E-state index in [2.05, 4.69) is 0 Å². The van der Waals surface area contributed by atoms with Crippen LogP contribution in [-0.2, 0) is 33.7 Å². The molecule has 0 fully saturated rings. The van der Waals surface area contributed by atoms with Crippen molar-refractivity contribution in [3.63, 3.8) is 0 Å². The van der Waals surface area contributed by atoms with Crippen LogP contribution in [0, 0.1) is 23.7 Å². The highest BCUT2D eigenvalue weighted by Gasteiger charge is 2.43. The molecule has 0 aliphatic heterocycles. The van der Waals surface area contributed by atoms with Crippen LogP contribution in [0.4, 0.5) is 0 Å². The monoisotopic (exact) mass is 450 g/mol. The highest BCUT2D eigenvalue weighted by atomic mass is 17.2. The summed E-state index contributed by atoms with van der Waals surface area (Å²) in [5, 5.41) is 28.4. The number of allylic oxidation sites excluding steroid dienone is 4. The Morgan fingerprint density at radius 3 is 1.75 bits per heavy atom. The van der Waals surface area contributed by atoms with Crippen LogP contribution < -0.4 is 0 Å². The zero-order valence-electron chi connectivity index (χ0n) is 17.9. The van der Waals surface area contributed by atoms with Crippen LogP contribution in [0.3, 0.4) is 0 Å². The molecule has 0 aromatic carbocycles. The van der Waals surface area contributed by atoms with Gasteiger partial charge in [0, 0.05) is 0 Å². The van der Waals surface area contributed by atoms with Crippen molar-refractivity contribution in [2.24, 2.45) is 23.7 Å². The summed E-state index contributed by atoms with van der Waals surface area (Å²) in [4.78, 5) is 57.7. The van der Waals surface area contributed by atoms with E-state index in [1.165, 1.54) is 36.5 Å². The van der Waals surface area contributed by atoms with Gasteiger partial charge in [-0.25, -0.2) is 0 Å². The molecule has 0 saturated heterocycles. The second-order valence-corrected chi connectivity index (χ2v) is 8.03. The predicted octanol–water partition coefficient (Wildman–Crippen LogP) is 2.68. The van der Waals surface area contributed by atoms with Gasteiger partial charge in [-0.1, -0.05) is 37.6 Å². The number of ether oxygens (including phenoxy) is 1. The van der Waals surface area contributed by atoms with Crippen molar-refractivity contribution in [1.82, 2.24) is 0 Å². The molecule has 0 amide bonds. The molecule has 0 aromatic rings. The Kier molecular flexibility index (Phi) is 7.85. The fraction of sp³-hybridized carbons (Fsp3) is 0.455. The van der Waals surface area contributed by atoms with E-state index in [-0.39, 0.29) is 11.5 Å². The zero-order chi connectivity index (χ0) is 24.1. The first kappa shape index (κ1) is 24.7. The number of carbonyl (C=O) groups is 4. The average molecular weight is 450 g/mol. The first-order valence-corrected chi connectivity index (χ1v) is 10.0. The second-order valence-electron chi connectivity index (χ2n) is 8.03. The zero-order valence-corrected chi connectivity index (χ0v) is 17.9. The van der Waals surface area contributed by atoms with Gasteiger partial charge in [0.2, 0.25) is 0 Å². The average Bonchev–Trinajstić information content (AvgIpc) is 2.70. The lowest BCUT2D eigenvalue weighted by molar-refractivity contribution is -0.245. The molecule has 3 N–H and O–H groups in total. The quantitative estimate of drug-likeness (QED) is 0.257. The Morgan fingerprint density at radius 1 is 0.844 bits per heavy atom. The molecule has 4 atom stereocenters. The number of carbonyl (C=O) groups excluding carboxylic acids is 1. The third-order valence-corrected chi connectivity index (χ3v) is 5.04. The SMILES string of the molecule is CCCC(C)(C)OC(=O)C1C=CC=C(OOC2=CC=CC(C(=O)O)C2C(=O)O)C1C(=O)O. The van der Waals surface area contributed by atoms with E-state index in [1.807, 2.05) is 6.92 Å². The summed E-state index contributed by atoms with van der Waals surface area (Å²) in [6, 6.07) is 0. The number of rotatable bonds is 10. The van der Waals surface area contributed by atoms with Crippen molar-refractivity contribution in [2.45, 2.75) is 39.2 Å². The van der Waals surface area contributed by atoms with Crippen molar-refractivity contribution >= 4 is 23.9 Å². The van der Waals surface area contributed by atoms with Gasteiger partial charge in [0.15, 0.2) is 11.5 Å². The van der Waals surface area contributed by atoms with Gasteiger partial charge < -0.3 is 20.1 Å². The standard InChI is InChI=1S/C22H26O10/c1-4-11-22(2,3)30-21(29)13-8-6-10-15(17(13)20(27)28)32-31-14-9-5-7-12(18(23)24)16(14)19(25)26/h5-10,12-13,16-17H,4,11H2,1-3H3,(H,23,24)(H,25,26)(H,27,28). The molecule has 0 heterocycles. The second kappa shape index (κ2) is 10.2. The number of hydrogen-bond acceptors (Lipinski definition) is 7. The van der Waals surface area contributed by atoms with Crippen LogP contribution in [0.25, 0.3) is 0 Å². The number of carboxylic acids is 3. The fourth-order valence-corrected chi connectivity index (χ4v) is 3.56. The number of aliphatic carboxylic acids is 3. The molecule has 10 nitrogen and oxygen atoms in total. The Labute approximate surface area is 184 Å². The highest BCUT2D eigenvalue weighted by Crippen LogP contribution is 2.34. The first-order valence-electron chi connectivity index (χ1n) is 10.0. The van der Waals surface area contributed by atoms with E-state index in [0.29, 0.717) is 6.42 Å². The molecule has 2 aliphatic carbocycles. The van der Waals surface area contributed by atoms with Gasteiger partial charge in [0.05, 0.1) is 11.8 Å². The molecule has 0 aromatic heterocycles. The summed E-state index contributed by atoms with van der Waals surface area (Å²) in [7, 11) is 0. The van der Waals surface area contributed by atoms with Crippen molar-refractivity contribution in [1.29, 1.82) is 0 Å². The highest BCUT2D eigenvalue weighted by molar-refractivity contribution is 5.86. The molecule has 174 valence electrons. The topological polar surface area (TPSA) is 157 Å². The first-order chi connectivity index (χ1) is 15.0. The summed E-state index contributed by atoms with van der Waals surface area (Å²) in [5.41, 5.74) is -0.790. The number of esters is 1. The minimum atomic E-state index is -1.57. The van der Waals surface area contributed by atoms with Crippen LogP contribution in [0.5, 0.6) is 0 Å². The molecular weight excluding hydrogens is 424 g/mol. The van der Waals surface area contributed by atoms with E-state index in [9.17, 15) is 34.5 Å². The lowest BCUT2D eigenvalue weighted by Gasteiger charge is -2.30. The van der Waals surface area contributed by atoms with Gasteiger partial charge >= 0.3 is 23.9 Å². The van der Waals surface area contributed by atoms with Crippen molar-refractivity contribution in [2.75, 3.05) is 0 Å². The maximum absolute atomic E-state index is 12.7. The van der Waals surface area contributed by atoms with E-state index in [4.69, 9.17) is 14.5 Å². The smallest absolute Gasteiger partial charge is 0.315 e. The maximum Gasteiger partial charge on any atom is 0.315 e. The molecule has 4 unspecified atom stereocenters. The van der Waals surface area contributed by atoms with Gasteiger partial charge in [-0.15, -0.1) is 0 Å². The summed E-state index contributed by atoms with van der Waals surface area (Å²) in [6.07, 6.45) is 9.10. The van der Waals surface area contributed by atoms with E-state index in [1.54, 1.807) is 13.8 Å². The van der Waals surface area contributed by atoms with Gasteiger partial charge in [-0.3, -0.25) is 29.0 Å². The summed E-state index contributed by atoms with van der Waals surface area (Å²) in [5.74, 6) is -11.2. The van der Waals surface area contributed by atoms with Crippen molar-refractivity contribution < 1.29 is 49.0 Å². The number of hydrogen-bond donors (Lipinski definition) is 3. The summed E-state index contributed by atoms with van der Waals surface area (Å²) >= 11 is 0. The third-order valence-electron chi connectivity index (χ3n) is 5.04. The van der Waals surface area contributed by atoms with Crippen LogP contribution in [0.15, 0.2) is 48.0 Å². The maximum atomic E-state index is 12.7. The molecule has 2 aliphatic rings. The molecule has 10 heteroatoms. The lowest BCUT2D eigenvalue weighted by Crippen LogP contribution is -2.38. The summed E-state index contributed by atoms with van der Waals surface area (Å²) < 4.78 is 5.49. The predicted molar refractivity (Wildman–Crippen MR) is 109 cm³/mol. The molecule has 0 bridgehead atoms. The van der Waals surface area contributed by atoms with E-state index in [0.717, 1.165) is 6.42 Å². The molecular formula is C22H26O10. The van der Waals surface area contributed by atoms with Crippen molar-refractivity contribution in [3.8, 4) is 0 Å². The summed E-state index contributed by atoms with van der Waals surface area (Å²) in [6.45, 7) is 5.37. The van der Waals surface area contributed by atoms with Crippen molar-refractivity contribution in [3.05, 3.63) is 48.0 Å². The molecule has 0 saturated carbocycles. The molecule has 0 radical (unpaired) electrons. The molecule has 2 rings (SSSR count). The fourth-order valence-electron chi connectivity index (χ4n) is 3.56. The third kappa shape index (κ3) is 5.77. The largest absolute Gasteiger partial charge is 0.481 e. The van der Waals surface area contributed by atoms with Gasteiger partial charge in [-0.2, -0.15) is 0 Å². The van der Waals surface area contributed by atoms with Crippen LogP contribution in [-0.4, -0.2) is 44.8 Å². The Bertz CT molecular complexity index is 892. The van der Waals surface area contributed by atoms with Crippen LogP contribution >= 0.6 is 0 Å². The van der Waals surface area contributed by atoms with Crippen LogP contribution in [0.1, 0.15) is 33.6 Å². The Morgan fingerprint density at radius 2 is 1.31 bits per heavy atom. The molecule has 0 spiro atoms. The number of carboxylic acid groups (broad SMARTS) is 3. The Hall–Kier alpha value is -3.56. The minimum absolute atomic E-state index is 0.262. The van der Waals surface area contributed by atoms with Crippen LogP contribution in [0.2, 0.25) is 0 Å². The lowest BCUT2D eigenvalue weighted by atomic mass is 9.86. The van der Waals surface area contributed by atoms with E-state index >= 15 is 0 Å². The van der Waals surface area contributed by atoms with Gasteiger partial charge in [0.1, 0.15) is 17.4 Å². The van der Waals surface area contributed by atoms with Gasteiger partial charge in [0.25, 0.3) is 0 Å². The Balaban J connectivity index is 2.19. The van der Waals surface area contributed by atoms with Gasteiger partial charge in [-0.05, 0) is 32.4 Å². The van der Waals surface area contributed by atoms with E-state index < -0.39 is 53.1 Å².